The fourth-order valence-corrected chi connectivity index (χ4v) is 3.50. The van der Waals surface area contributed by atoms with Gasteiger partial charge in [-0.3, -0.25) is 4.79 Å². The van der Waals surface area contributed by atoms with Gasteiger partial charge in [-0.15, -0.1) is 0 Å². The van der Waals surface area contributed by atoms with Crippen molar-refractivity contribution in [3.8, 4) is 11.5 Å². The van der Waals surface area contributed by atoms with Gasteiger partial charge in [0.05, 0.1) is 11.6 Å². The number of hydrogen-bond donors (Lipinski definition) is 1. The van der Waals surface area contributed by atoms with Crippen LogP contribution in [0.2, 0.25) is 0 Å². The first kappa shape index (κ1) is 16.4. The van der Waals surface area contributed by atoms with Crippen LogP contribution in [0.3, 0.4) is 0 Å². The Hall–Kier alpha value is -3.07. The number of benzene rings is 3. The average Bonchev–Trinajstić information content (AvgIpc) is 2.69. The number of amides is 1. The number of rotatable bonds is 4. The van der Waals surface area contributed by atoms with Gasteiger partial charge in [-0.25, -0.2) is 0 Å². The summed E-state index contributed by atoms with van der Waals surface area (Å²) in [5.41, 5.74) is 3.12. The molecule has 3 heteroatoms. The molecule has 0 fully saturated rings. The second-order valence-corrected chi connectivity index (χ2v) is 6.53. The van der Waals surface area contributed by atoms with Gasteiger partial charge in [0.25, 0.3) is 5.91 Å². The summed E-state index contributed by atoms with van der Waals surface area (Å²) in [5.74, 6) is 1.19. The van der Waals surface area contributed by atoms with Gasteiger partial charge < -0.3 is 10.1 Å². The highest BCUT2D eigenvalue weighted by Gasteiger charge is 2.23. The topological polar surface area (TPSA) is 38.3 Å². The standard InChI is InChI=1S/C23H21NO2/c25-23(24-21-15-8-10-17-9-4-5-13-19(17)21)20-14-6-7-16-22(20)26-18-11-2-1-3-12-18/h1-7,9,11-14,16,21H,8,10,15H2,(H,24,25)/t21-/m1/s1. The third-order valence-electron chi connectivity index (χ3n) is 4.78. The van der Waals surface area contributed by atoms with E-state index in [1.807, 2.05) is 60.7 Å². The lowest BCUT2D eigenvalue weighted by atomic mass is 9.87. The smallest absolute Gasteiger partial charge is 0.255 e. The van der Waals surface area contributed by atoms with Crippen LogP contribution in [-0.2, 0) is 6.42 Å². The molecule has 0 saturated heterocycles. The van der Waals surface area contributed by atoms with Gasteiger partial charge in [0.15, 0.2) is 0 Å². The highest BCUT2D eigenvalue weighted by Crippen LogP contribution is 2.31. The van der Waals surface area contributed by atoms with Crippen LogP contribution in [0.15, 0.2) is 78.9 Å². The number of aryl methyl sites for hydroxylation is 1. The van der Waals surface area contributed by atoms with E-state index in [1.54, 1.807) is 0 Å². The van der Waals surface area contributed by atoms with Crippen molar-refractivity contribution in [2.24, 2.45) is 0 Å². The normalized spacial score (nSPS) is 15.8. The SMILES string of the molecule is O=C(N[C@@H]1CCCc2ccccc21)c1ccccc1Oc1ccccc1. The summed E-state index contributed by atoms with van der Waals surface area (Å²) in [7, 11) is 0. The molecular weight excluding hydrogens is 322 g/mol. The van der Waals surface area contributed by atoms with Crippen LogP contribution in [-0.4, -0.2) is 5.91 Å². The molecule has 0 bridgehead atoms. The van der Waals surface area contributed by atoms with E-state index < -0.39 is 0 Å². The van der Waals surface area contributed by atoms with Crippen LogP contribution < -0.4 is 10.1 Å². The van der Waals surface area contributed by atoms with Crippen molar-refractivity contribution < 1.29 is 9.53 Å². The Morgan fingerprint density at radius 1 is 0.885 bits per heavy atom. The number of hydrogen-bond acceptors (Lipinski definition) is 2. The molecule has 0 heterocycles. The summed E-state index contributed by atoms with van der Waals surface area (Å²) in [6.45, 7) is 0. The van der Waals surface area contributed by atoms with Crippen LogP contribution in [0.5, 0.6) is 11.5 Å². The van der Waals surface area contributed by atoms with E-state index in [-0.39, 0.29) is 11.9 Å². The summed E-state index contributed by atoms with van der Waals surface area (Å²) in [6.07, 6.45) is 3.13. The van der Waals surface area contributed by atoms with E-state index in [4.69, 9.17) is 4.74 Å². The molecule has 0 saturated carbocycles. The number of fused-ring (bicyclic) bond motifs is 1. The van der Waals surface area contributed by atoms with Crippen molar-refractivity contribution in [1.29, 1.82) is 0 Å². The minimum atomic E-state index is -0.0989. The van der Waals surface area contributed by atoms with Crippen LogP contribution >= 0.6 is 0 Å². The lowest BCUT2D eigenvalue weighted by molar-refractivity contribution is 0.0930. The molecule has 1 amide bonds. The summed E-state index contributed by atoms with van der Waals surface area (Å²) in [5, 5.41) is 3.20. The number of nitrogens with one attached hydrogen (secondary N) is 1. The van der Waals surface area contributed by atoms with E-state index in [0.717, 1.165) is 25.0 Å². The first-order valence-electron chi connectivity index (χ1n) is 9.02. The molecular formula is C23H21NO2. The van der Waals surface area contributed by atoms with Crippen LogP contribution in [0.4, 0.5) is 0 Å². The zero-order chi connectivity index (χ0) is 17.8. The number of carbonyl (C=O) groups excluding carboxylic acids is 1. The minimum Gasteiger partial charge on any atom is -0.457 e. The van der Waals surface area contributed by atoms with Crippen LogP contribution in [0, 0.1) is 0 Å². The number of carbonyl (C=O) groups is 1. The van der Waals surface area contributed by atoms with E-state index in [2.05, 4.69) is 23.5 Å². The highest BCUT2D eigenvalue weighted by atomic mass is 16.5. The Kier molecular flexibility index (Phi) is 4.69. The maximum absolute atomic E-state index is 12.9. The molecule has 4 rings (SSSR count). The largest absolute Gasteiger partial charge is 0.457 e. The second-order valence-electron chi connectivity index (χ2n) is 6.53. The Labute approximate surface area is 153 Å². The van der Waals surface area contributed by atoms with E-state index in [1.165, 1.54) is 11.1 Å². The number of ether oxygens (including phenoxy) is 1. The van der Waals surface area contributed by atoms with Gasteiger partial charge in [-0.05, 0) is 54.7 Å². The lowest BCUT2D eigenvalue weighted by Crippen LogP contribution is -2.31. The Balaban J connectivity index is 1.56. The van der Waals surface area contributed by atoms with Gasteiger partial charge in [0, 0.05) is 0 Å². The molecule has 0 aromatic heterocycles. The van der Waals surface area contributed by atoms with E-state index in [9.17, 15) is 4.79 Å². The van der Waals surface area contributed by atoms with Crippen molar-refractivity contribution in [3.63, 3.8) is 0 Å². The molecule has 3 aromatic rings. The second kappa shape index (κ2) is 7.44. The predicted molar refractivity (Wildman–Crippen MR) is 103 cm³/mol. The van der Waals surface area contributed by atoms with Crippen molar-refractivity contribution in [2.45, 2.75) is 25.3 Å². The molecule has 0 unspecified atom stereocenters. The van der Waals surface area contributed by atoms with Crippen LogP contribution in [0.25, 0.3) is 0 Å². The maximum atomic E-state index is 12.9. The molecule has 0 radical (unpaired) electrons. The summed E-state index contributed by atoms with van der Waals surface area (Å²) < 4.78 is 5.93. The van der Waals surface area contributed by atoms with Gasteiger partial charge in [-0.2, -0.15) is 0 Å². The molecule has 26 heavy (non-hydrogen) atoms. The summed E-state index contributed by atoms with van der Waals surface area (Å²) in [6, 6.07) is 25.3. The predicted octanol–water partition coefficient (Wildman–Crippen LogP) is 5.29. The number of para-hydroxylation sites is 2. The Bertz CT molecular complexity index is 905. The van der Waals surface area contributed by atoms with Crippen molar-refractivity contribution in [1.82, 2.24) is 5.32 Å². The third-order valence-corrected chi connectivity index (χ3v) is 4.78. The third kappa shape index (κ3) is 3.47. The Morgan fingerprint density at radius 3 is 2.50 bits per heavy atom. The van der Waals surface area contributed by atoms with Crippen molar-refractivity contribution >= 4 is 5.91 Å². The highest BCUT2D eigenvalue weighted by molar-refractivity contribution is 5.97. The zero-order valence-electron chi connectivity index (χ0n) is 14.5. The van der Waals surface area contributed by atoms with Crippen molar-refractivity contribution in [3.05, 3.63) is 95.6 Å². The molecule has 1 N–H and O–H groups in total. The molecule has 1 aliphatic rings. The van der Waals surface area contributed by atoms with Gasteiger partial charge in [-0.1, -0.05) is 54.6 Å². The lowest BCUT2D eigenvalue weighted by Gasteiger charge is -2.26. The fraction of sp³-hybridized carbons (Fsp3) is 0.174. The quantitative estimate of drug-likeness (QED) is 0.699. The monoisotopic (exact) mass is 343 g/mol. The van der Waals surface area contributed by atoms with E-state index >= 15 is 0 Å². The minimum absolute atomic E-state index is 0.0530. The summed E-state index contributed by atoms with van der Waals surface area (Å²) >= 11 is 0. The Morgan fingerprint density at radius 2 is 1.62 bits per heavy atom. The first-order chi connectivity index (χ1) is 12.8. The van der Waals surface area contributed by atoms with Gasteiger partial charge in [0.1, 0.15) is 11.5 Å². The molecule has 3 nitrogen and oxygen atoms in total. The fourth-order valence-electron chi connectivity index (χ4n) is 3.50. The molecule has 0 aliphatic heterocycles. The van der Waals surface area contributed by atoms with Crippen LogP contribution in [0.1, 0.15) is 40.4 Å². The van der Waals surface area contributed by atoms with E-state index in [0.29, 0.717) is 11.3 Å². The average molecular weight is 343 g/mol. The molecule has 130 valence electrons. The summed E-state index contributed by atoms with van der Waals surface area (Å²) in [4.78, 5) is 12.9. The zero-order valence-corrected chi connectivity index (χ0v) is 14.5. The molecule has 0 spiro atoms. The first-order valence-corrected chi connectivity index (χ1v) is 9.02. The van der Waals surface area contributed by atoms with Crippen molar-refractivity contribution in [2.75, 3.05) is 0 Å². The van der Waals surface area contributed by atoms with Gasteiger partial charge in [0.2, 0.25) is 0 Å². The molecule has 3 aromatic carbocycles. The van der Waals surface area contributed by atoms with Gasteiger partial charge >= 0.3 is 0 Å². The molecule has 1 atom stereocenters. The maximum Gasteiger partial charge on any atom is 0.255 e. The molecule has 1 aliphatic carbocycles.